The Morgan fingerprint density at radius 2 is 2.44 bits per heavy atom. The van der Waals surface area contributed by atoms with Gasteiger partial charge in [-0.15, -0.1) is 24.2 Å². The fraction of sp³-hybridized carbons (Fsp3) is 0.200. The smallest absolute Gasteiger partial charge is 0.184 e. The van der Waals surface area contributed by atoms with Crippen molar-refractivity contribution < 1.29 is 0 Å². The summed E-state index contributed by atoms with van der Waals surface area (Å²) in [4.78, 5) is 7.70. The molecule has 1 aromatic rings. The van der Waals surface area contributed by atoms with Crippen LogP contribution in [0.2, 0.25) is 0 Å². The van der Waals surface area contributed by atoms with E-state index in [2.05, 4.69) is 22.6 Å². The number of hydrogen-bond acceptors (Lipinski definition) is 3. The Bertz CT molecular complexity index is 204. The molecule has 0 saturated heterocycles. The van der Waals surface area contributed by atoms with E-state index in [4.69, 9.17) is 11.6 Å². The molecule has 0 atom stereocenters. The monoisotopic (exact) mass is 160 g/mol. The van der Waals surface area contributed by atoms with Crippen LogP contribution in [0.1, 0.15) is 5.69 Å². The Morgan fingerprint density at radius 3 is 2.89 bits per heavy atom. The molecule has 4 heteroatoms. The Balaban J connectivity index is 2.94. The molecule has 0 saturated carbocycles. The van der Waals surface area contributed by atoms with Crippen LogP contribution in [0.3, 0.4) is 0 Å². The second kappa shape index (κ2) is 3.03. The predicted molar refractivity (Wildman–Crippen MR) is 38.8 cm³/mol. The molecule has 0 aliphatic carbocycles. The number of halogens is 1. The second-order valence-electron chi connectivity index (χ2n) is 1.48. The third-order valence-corrected chi connectivity index (χ3v) is 1.33. The highest BCUT2D eigenvalue weighted by molar-refractivity contribution is 7.80. The number of rotatable bonds is 1. The van der Waals surface area contributed by atoms with E-state index in [9.17, 15) is 0 Å². The van der Waals surface area contributed by atoms with Gasteiger partial charge in [0.25, 0.3) is 0 Å². The van der Waals surface area contributed by atoms with Crippen molar-refractivity contribution in [2.45, 2.75) is 11.0 Å². The Morgan fingerprint density at radius 1 is 1.67 bits per heavy atom. The van der Waals surface area contributed by atoms with Gasteiger partial charge in [-0.25, -0.2) is 9.97 Å². The summed E-state index contributed by atoms with van der Waals surface area (Å²) in [6.45, 7) is 0. The van der Waals surface area contributed by atoms with Gasteiger partial charge in [-0.05, 0) is 6.07 Å². The largest absolute Gasteiger partial charge is 0.231 e. The van der Waals surface area contributed by atoms with Crippen LogP contribution >= 0.6 is 24.2 Å². The van der Waals surface area contributed by atoms with Gasteiger partial charge >= 0.3 is 0 Å². The number of nitrogens with zero attached hydrogens (tertiary/aromatic N) is 2. The first-order valence-corrected chi connectivity index (χ1v) is 3.38. The number of hydrogen-bond donors (Lipinski definition) is 1. The van der Waals surface area contributed by atoms with Crippen molar-refractivity contribution in [3.05, 3.63) is 18.0 Å². The summed E-state index contributed by atoms with van der Waals surface area (Å²) in [7, 11) is 0. The first kappa shape index (κ1) is 6.83. The normalized spacial score (nSPS) is 9.56. The molecule has 0 aromatic carbocycles. The van der Waals surface area contributed by atoms with Gasteiger partial charge in [-0.3, -0.25) is 0 Å². The van der Waals surface area contributed by atoms with Crippen LogP contribution in [0.4, 0.5) is 0 Å². The Hall–Kier alpha value is -0.280. The summed E-state index contributed by atoms with van der Waals surface area (Å²) < 4.78 is 0. The van der Waals surface area contributed by atoms with Gasteiger partial charge in [0.05, 0.1) is 11.6 Å². The third kappa shape index (κ3) is 1.84. The number of alkyl halides is 1. The van der Waals surface area contributed by atoms with Crippen LogP contribution < -0.4 is 0 Å². The van der Waals surface area contributed by atoms with Gasteiger partial charge in [0.1, 0.15) is 0 Å². The second-order valence-corrected chi connectivity index (χ2v) is 2.15. The highest BCUT2D eigenvalue weighted by atomic mass is 35.5. The summed E-state index contributed by atoms with van der Waals surface area (Å²) in [5, 5.41) is 0.466. The molecule has 0 amide bonds. The molecule has 0 aliphatic rings. The SMILES string of the molecule is Sc1nccc(CCl)n1. The van der Waals surface area contributed by atoms with Gasteiger partial charge in [0.15, 0.2) is 5.16 Å². The number of thiol groups is 1. The molecular weight excluding hydrogens is 156 g/mol. The quantitative estimate of drug-likeness (QED) is 0.383. The third-order valence-electron chi connectivity index (χ3n) is 0.837. The van der Waals surface area contributed by atoms with Crippen molar-refractivity contribution in [2.24, 2.45) is 0 Å². The summed E-state index contributed by atoms with van der Waals surface area (Å²) >= 11 is 9.40. The van der Waals surface area contributed by atoms with Crippen LogP contribution in [0.5, 0.6) is 0 Å². The van der Waals surface area contributed by atoms with Crippen LogP contribution in [0, 0.1) is 0 Å². The topological polar surface area (TPSA) is 25.8 Å². The molecule has 0 unspecified atom stereocenters. The van der Waals surface area contributed by atoms with Crippen molar-refractivity contribution >= 4 is 24.2 Å². The van der Waals surface area contributed by atoms with Gasteiger partial charge in [0.2, 0.25) is 0 Å². The Kier molecular flexibility index (Phi) is 2.30. The minimum Gasteiger partial charge on any atom is -0.231 e. The van der Waals surface area contributed by atoms with E-state index in [1.165, 1.54) is 0 Å². The average Bonchev–Trinajstić information content (AvgIpc) is 1.88. The lowest BCUT2D eigenvalue weighted by Crippen LogP contribution is -1.87. The molecule has 48 valence electrons. The standard InChI is InChI=1S/C5H5ClN2S/c6-3-4-1-2-7-5(9)8-4/h1-2H,3H2,(H,7,8,9). The maximum Gasteiger partial charge on any atom is 0.184 e. The molecule has 0 aliphatic heterocycles. The van der Waals surface area contributed by atoms with Crippen molar-refractivity contribution in [2.75, 3.05) is 0 Å². The van der Waals surface area contributed by atoms with Gasteiger partial charge in [-0.1, -0.05) is 0 Å². The lowest BCUT2D eigenvalue weighted by atomic mass is 10.5. The molecule has 0 bridgehead atoms. The molecule has 9 heavy (non-hydrogen) atoms. The molecule has 0 N–H and O–H groups in total. The van der Waals surface area contributed by atoms with E-state index in [0.717, 1.165) is 5.69 Å². The lowest BCUT2D eigenvalue weighted by Gasteiger charge is -1.91. The first-order valence-electron chi connectivity index (χ1n) is 2.40. The lowest BCUT2D eigenvalue weighted by molar-refractivity contribution is 0.930. The molecule has 1 aromatic heterocycles. The highest BCUT2D eigenvalue weighted by Crippen LogP contribution is 2.00. The minimum absolute atomic E-state index is 0.413. The molecule has 1 rings (SSSR count). The van der Waals surface area contributed by atoms with E-state index < -0.39 is 0 Å². The summed E-state index contributed by atoms with van der Waals surface area (Å²) in [6.07, 6.45) is 1.63. The van der Waals surface area contributed by atoms with E-state index >= 15 is 0 Å². The zero-order valence-corrected chi connectivity index (χ0v) is 6.23. The molecular formula is C5H5ClN2S. The summed E-state index contributed by atoms with van der Waals surface area (Å²) in [6, 6.07) is 1.76. The number of aromatic nitrogens is 2. The van der Waals surface area contributed by atoms with Crippen molar-refractivity contribution in [1.29, 1.82) is 0 Å². The predicted octanol–water partition coefficient (Wildman–Crippen LogP) is 1.50. The van der Waals surface area contributed by atoms with Gasteiger partial charge < -0.3 is 0 Å². The summed E-state index contributed by atoms with van der Waals surface area (Å²) in [5.41, 5.74) is 0.802. The van der Waals surface area contributed by atoms with Crippen LogP contribution in [-0.2, 0) is 5.88 Å². The molecule has 2 nitrogen and oxygen atoms in total. The molecule has 0 fully saturated rings. The van der Waals surface area contributed by atoms with E-state index in [-0.39, 0.29) is 0 Å². The van der Waals surface area contributed by atoms with Crippen LogP contribution in [0.25, 0.3) is 0 Å². The maximum absolute atomic E-state index is 5.47. The summed E-state index contributed by atoms with van der Waals surface area (Å²) in [5.74, 6) is 0.413. The fourth-order valence-corrected chi connectivity index (χ4v) is 0.803. The fourth-order valence-electron chi connectivity index (χ4n) is 0.459. The highest BCUT2D eigenvalue weighted by Gasteiger charge is 1.90. The van der Waals surface area contributed by atoms with Gasteiger partial charge in [0, 0.05) is 6.20 Å². The molecule has 0 radical (unpaired) electrons. The van der Waals surface area contributed by atoms with E-state index in [0.29, 0.717) is 11.0 Å². The zero-order chi connectivity index (χ0) is 6.69. The van der Waals surface area contributed by atoms with Crippen LogP contribution in [0.15, 0.2) is 17.4 Å². The molecule has 0 spiro atoms. The maximum atomic E-state index is 5.47. The first-order chi connectivity index (χ1) is 4.33. The van der Waals surface area contributed by atoms with Crippen molar-refractivity contribution in [1.82, 2.24) is 9.97 Å². The van der Waals surface area contributed by atoms with Crippen molar-refractivity contribution in [3.63, 3.8) is 0 Å². The Labute approximate surface area is 63.7 Å². The van der Waals surface area contributed by atoms with E-state index in [1.807, 2.05) is 0 Å². The molecule has 1 heterocycles. The van der Waals surface area contributed by atoms with E-state index in [1.54, 1.807) is 12.3 Å². The zero-order valence-electron chi connectivity index (χ0n) is 4.58. The minimum atomic E-state index is 0.413. The van der Waals surface area contributed by atoms with Gasteiger partial charge in [-0.2, -0.15) is 0 Å². The average molecular weight is 161 g/mol. The van der Waals surface area contributed by atoms with Crippen LogP contribution in [-0.4, -0.2) is 9.97 Å². The van der Waals surface area contributed by atoms with Crippen molar-refractivity contribution in [3.8, 4) is 0 Å².